The molecule has 1 N–H and O–H groups in total. The molecule has 0 saturated heterocycles. The molecule has 0 unspecified atom stereocenters. The molecule has 0 amide bonds. The Labute approximate surface area is 319 Å². The Bertz CT molecular complexity index is 2680. The van der Waals surface area contributed by atoms with E-state index < -0.39 is 5.89 Å². The highest BCUT2D eigenvalue weighted by Gasteiger charge is 2.24. The van der Waals surface area contributed by atoms with E-state index in [1.54, 1.807) is 6.07 Å². The number of fused-ring (bicyclic) bond motifs is 1. The molecule has 0 aliphatic rings. The van der Waals surface area contributed by atoms with Crippen LogP contribution in [0.3, 0.4) is 0 Å². The smallest absolute Gasteiger partial charge is 0.149 e. The van der Waals surface area contributed by atoms with Crippen LogP contribution in [0.15, 0.2) is 152 Å². The normalized spacial score (nSPS) is 12.2. The largest absolute Gasteiger partial charge is 0.507 e. The molecule has 0 aliphatic carbocycles. The molecule has 2 aromatic heterocycles. The number of aromatic hydroxyl groups is 1. The monoisotopic (exact) mass is 704 g/mol. The van der Waals surface area contributed by atoms with Gasteiger partial charge >= 0.3 is 0 Å². The van der Waals surface area contributed by atoms with E-state index in [0.717, 1.165) is 66.9 Å². The summed E-state index contributed by atoms with van der Waals surface area (Å²) >= 11 is 0. The van der Waals surface area contributed by atoms with E-state index in [2.05, 4.69) is 129 Å². The zero-order chi connectivity index (χ0) is 38.5. The quantitative estimate of drug-likeness (QED) is 0.180. The maximum atomic E-state index is 11.3. The van der Waals surface area contributed by atoms with Gasteiger partial charge < -0.3 is 5.11 Å². The number of nitrogens with zero attached hydrogens (tertiary/aromatic N) is 3. The molecular formula is C50H45N3O. The summed E-state index contributed by atoms with van der Waals surface area (Å²) in [6.07, 6.45) is 1.90. The van der Waals surface area contributed by atoms with Crippen molar-refractivity contribution in [3.05, 3.63) is 168 Å². The van der Waals surface area contributed by atoms with Crippen LogP contribution < -0.4 is 0 Å². The van der Waals surface area contributed by atoms with Gasteiger partial charge in [0.1, 0.15) is 11.6 Å². The van der Waals surface area contributed by atoms with Crippen molar-refractivity contribution in [1.29, 1.82) is 0 Å². The summed E-state index contributed by atoms with van der Waals surface area (Å²) < 4.78 is 11.0. The summed E-state index contributed by atoms with van der Waals surface area (Å²) in [6, 6.07) is 49.9. The summed E-state index contributed by atoms with van der Waals surface area (Å²) in [5.74, 6) is -0.00514. The number of rotatable bonds is 7. The predicted octanol–water partition coefficient (Wildman–Crippen LogP) is 13.2. The Morgan fingerprint density at radius 2 is 1.35 bits per heavy atom. The number of hydrogen-bond donors (Lipinski definition) is 1. The molecule has 0 atom stereocenters. The minimum absolute atomic E-state index is 0.133. The molecule has 0 radical (unpaired) electrons. The zero-order valence-corrected chi connectivity index (χ0v) is 31.7. The molecule has 0 saturated carbocycles. The molecule has 266 valence electrons. The van der Waals surface area contributed by atoms with Crippen LogP contribution in [0, 0.1) is 6.92 Å². The van der Waals surface area contributed by atoms with Gasteiger partial charge in [0.25, 0.3) is 0 Å². The van der Waals surface area contributed by atoms with E-state index in [9.17, 15) is 5.11 Å². The molecule has 2 heterocycles. The SMILES string of the molecule is [2H]C(C)(C)c1ccc(-n2c(-c3ccccc3O)nc3c(-c4cc(-c5cc(-c6ccc(C)cc6)ccn5)cc(C(C)(C)C)c4)cccc32)c(-c2ccccc2)c1. The van der Waals surface area contributed by atoms with Crippen molar-refractivity contribution in [2.75, 3.05) is 0 Å². The fraction of sp³-hybridized carbons (Fsp3) is 0.160. The lowest BCUT2D eigenvalue weighted by atomic mass is 9.83. The number of pyridine rings is 1. The Hall–Kier alpha value is -6.26. The Morgan fingerprint density at radius 3 is 2.09 bits per heavy atom. The molecule has 0 bridgehead atoms. The van der Waals surface area contributed by atoms with Gasteiger partial charge in [0.2, 0.25) is 0 Å². The second-order valence-corrected chi connectivity index (χ2v) is 15.4. The van der Waals surface area contributed by atoms with Crippen molar-refractivity contribution < 1.29 is 6.48 Å². The van der Waals surface area contributed by atoms with Crippen molar-refractivity contribution in [2.45, 2.75) is 52.9 Å². The summed E-state index contributed by atoms with van der Waals surface area (Å²) in [5.41, 5.74) is 14.7. The Balaban J connectivity index is 1.39. The summed E-state index contributed by atoms with van der Waals surface area (Å²) in [7, 11) is 0. The van der Waals surface area contributed by atoms with E-state index in [0.29, 0.717) is 11.4 Å². The lowest BCUT2D eigenvalue weighted by molar-refractivity contribution is 0.477. The highest BCUT2D eigenvalue weighted by atomic mass is 16.3. The van der Waals surface area contributed by atoms with Crippen molar-refractivity contribution in [2.24, 2.45) is 0 Å². The molecule has 54 heavy (non-hydrogen) atoms. The van der Waals surface area contributed by atoms with Gasteiger partial charge in [0.15, 0.2) is 0 Å². The van der Waals surface area contributed by atoms with Crippen molar-refractivity contribution in [1.82, 2.24) is 14.5 Å². The molecule has 8 rings (SSSR count). The first-order valence-corrected chi connectivity index (χ1v) is 18.5. The number of aryl methyl sites for hydroxylation is 1. The molecule has 4 nitrogen and oxygen atoms in total. The van der Waals surface area contributed by atoms with E-state index in [4.69, 9.17) is 11.3 Å². The lowest BCUT2D eigenvalue weighted by Gasteiger charge is -2.22. The van der Waals surface area contributed by atoms with Gasteiger partial charge in [-0.05, 0) is 106 Å². The van der Waals surface area contributed by atoms with Crippen LogP contribution in [-0.4, -0.2) is 19.6 Å². The van der Waals surface area contributed by atoms with Crippen LogP contribution in [0.25, 0.3) is 72.7 Å². The number of hydrogen-bond acceptors (Lipinski definition) is 3. The molecular weight excluding hydrogens is 659 g/mol. The van der Waals surface area contributed by atoms with Gasteiger partial charge in [-0.3, -0.25) is 9.55 Å². The van der Waals surface area contributed by atoms with Gasteiger partial charge in [-0.15, -0.1) is 0 Å². The molecule has 6 aromatic carbocycles. The van der Waals surface area contributed by atoms with Gasteiger partial charge in [0, 0.05) is 24.3 Å². The minimum atomic E-state index is -0.795. The van der Waals surface area contributed by atoms with Crippen LogP contribution in [0.4, 0.5) is 0 Å². The molecule has 0 fully saturated rings. The van der Waals surface area contributed by atoms with Gasteiger partial charge in [-0.25, -0.2) is 4.98 Å². The number of phenolic OH excluding ortho intramolecular Hbond substituents is 1. The van der Waals surface area contributed by atoms with Gasteiger partial charge in [-0.1, -0.05) is 131 Å². The Morgan fingerprint density at radius 1 is 0.630 bits per heavy atom. The summed E-state index contributed by atoms with van der Waals surface area (Å²) in [6.45, 7) is 12.7. The van der Waals surface area contributed by atoms with E-state index in [1.807, 2.05) is 62.5 Å². The van der Waals surface area contributed by atoms with Crippen molar-refractivity contribution >= 4 is 11.0 Å². The lowest BCUT2D eigenvalue weighted by Crippen LogP contribution is -2.11. The van der Waals surface area contributed by atoms with Crippen LogP contribution >= 0.6 is 0 Å². The van der Waals surface area contributed by atoms with E-state index in [1.165, 1.54) is 11.1 Å². The van der Waals surface area contributed by atoms with E-state index >= 15 is 0 Å². The fourth-order valence-corrected chi connectivity index (χ4v) is 7.19. The third-order valence-electron chi connectivity index (χ3n) is 10.3. The fourth-order valence-electron chi connectivity index (χ4n) is 7.19. The number of para-hydroxylation sites is 2. The first-order chi connectivity index (χ1) is 26.3. The average molecular weight is 705 g/mol. The number of benzene rings is 6. The topological polar surface area (TPSA) is 50.9 Å². The zero-order valence-electron chi connectivity index (χ0n) is 32.7. The third kappa shape index (κ3) is 6.60. The highest BCUT2D eigenvalue weighted by Crippen LogP contribution is 2.42. The molecule has 4 heteroatoms. The first kappa shape index (κ1) is 33.6. The second kappa shape index (κ2) is 13.9. The van der Waals surface area contributed by atoms with Crippen LogP contribution in [0.5, 0.6) is 5.75 Å². The maximum Gasteiger partial charge on any atom is 0.149 e. The predicted molar refractivity (Wildman–Crippen MR) is 225 cm³/mol. The average Bonchev–Trinajstić information content (AvgIpc) is 3.57. The summed E-state index contributed by atoms with van der Waals surface area (Å²) in [4.78, 5) is 10.3. The number of imidazole rings is 1. The van der Waals surface area contributed by atoms with Crippen LogP contribution in [0.2, 0.25) is 0 Å². The number of phenols is 1. The van der Waals surface area contributed by atoms with Gasteiger partial charge in [0.05, 0.1) is 28.0 Å². The van der Waals surface area contributed by atoms with Crippen LogP contribution in [0.1, 0.15) is 58.6 Å². The van der Waals surface area contributed by atoms with Crippen LogP contribution in [-0.2, 0) is 5.41 Å². The molecule has 0 spiro atoms. The standard InChI is InChI=1S/C50H45N3O/c1-32(2)36-23-24-45(43(30-36)35-13-8-7-9-14-35)53-46-17-12-16-41(48(46)52-49(53)42-15-10-11-18-47(42)54)38-27-39(29-40(28-38)50(4,5)6)44-31-37(25-26-51-44)34-21-19-33(3)20-22-34/h7-32,54H,1-6H3/i32D. The molecule has 8 aromatic rings. The molecule has 0 aliphatic heterocycles. The van der Waals surface area contributed by atoms with Crippen molar-refractivity contribution in [3.63, 3.8) is 0 Å². The minimum Gasteiger partial charge on any atom is -0.507 e. The van der Waals surface area contributed by atoms with E-state index in [-0.39, 0.29) is 11.2 Å². The highest BCUT2D eigenvalue weighted by molar-refractivity contribution is 5.97. The number of aromatic nitrogens is 3. The Kier molecular flexibility index (Phi) is 8.67. The summed E-state index contributed by atoms with van der Waals surface area (Å²) in [5, 5.41) is 11.3. The van der Waals surface area contributed by atoms with Gasteiger partial charge in [-0.2, -0.15) is 0 Å². The first-order valence-electron chi connectivity index (χ1n) is 19.0. The third-order valence-corrected chi connectivity index (χ3v) is 10.3. The maximum absolute atomic E-state index is 11.3. The van der Waals surface area contributed by atoms with Crippen molar-refractivity contribution in [3.8, 4) is 67.5 Å². The second-order valence-electron chi connectivity index (χ2n) is 15.4.